The smallest absolute Gasteiger partial charge is 0.120 e. The van der Waals surface area contributed by atoms with Crippen LogP contribution >= 0.6 is 27.3 Å². The zero-order chi connectivity index (χ0) is 13.4. The summed E-state index contributed by atoms with van der Waals surface area (Å²) in [5.74, 6) is 0.853. The van der Waals surface area contributed by atoms with Gasteiger partial charge in [0.05, 0.1) is 9.89 Å². The van der Waals surface area contributed by atoms with Gasteiger partial charge in [0.1, 0.15) is 11.9 Å². The first-order valence-corrected chi connectivity index (χ1v) is 7.95. The zero-order valence-corrected chi connectivity index (χ0v) is 13.0. The summed E-state index contributed by atoms with van der Waals surface area (Å²) < 4.78 is 6.84. The monoisotopic (exact) mass is 338 g/mol. The third-order valence-electron chi connectivity index (χ3n) is 3.15. The SMILES string of the molecule is Cc1cc(C(O)c2cccc(OC3CC3)c2)sc1Br. The van der Waals surface area contributed by atoms with E-state index in [1.54, 1.807) is 11.3 Å². The molecule has 1 fully saturated rings. The van der Waals surface area contributed by atoms with Gasteiger partial charge in [-0.3, -0.25) is 0 Å². The number of rotatable bonds is 4. The number of hydrogen-bond donors (Lipinski definition) is 1. The van der Waals surface area contributed by atoms with Crippen molar-refractivity contribution in [2.24, 2.45) is 0 Å². The van der Waals surface area contributed by atoms with Crippen molar-refractivity contribution in [3.63, 3.8) is 0 Å². The third-order valence-corrected chi connectivity index (χ3v) is 5.34. The van der Waals surface area contributed by atoms with Gasteiger partial charge in [-0.15, -0.1) is 11.3 Å². The van der Waals surface area contributed by atoms with Crippen LogP contribution in [-0.2, 0) is 0 Å². The molecule has 0 spiro atoms. The van der Waals surface area contributed by atoms with Crippen molar-refractivity contribution in [2.75, 3.05) is 0 Å². The fraction of sp³-hybridized carbons (Fsp3) is 0.333. The first-order chi connectivity index (χ1) is 9.13. The van der Waals surface area contributed by atoms with Gasteiger partial charge in [-0.2, -0.15) is 0 Å². The Morgan fingerprint density at radius 1 is 1.37 bits per heavy atom. The molecule has 100 valence electrons. The normalized spacial score (nSPS) is 16.4. The van der Waals surface area contributed by atoms with Crippen molar-refractivity contribution in [1.82, 2.24) is 0 Å². The van der Waals surface area contributed by atoms with Crippen molar-refractivity contribution >= 4 is 27.3 Å². The molecule has 3 rings (SSSR count). The van der Waals surface area contributed by atoms with Crippen LogP contribution in [0.4, 0.5) is 0 Å². The molecule has 1 N–H and O–H groups in total. The highest BCUT2D eigenvalue weighted by Crippen LogP contribution is 2.35. The molecule has 1 heterocycles. The first-order valence-electron chi connectivity index (χ1n) is 6.34. The molecule has 1 atom stereocenters. The molecule has 0 saturated heterocycles. The van der Waals surface area contributed by atoms with E-state index in [0.29, 0.717) is 6.10 Å². The van der Waals surface area contributed by atoms with Crippen molar-refractivity contribution in [3.8, 4) is 5.75 Å². The summed E-state index contributed by atoms with van der Waals surface area (Å²) in [5, 5.41) is 10.4. The van der Waals surface area contributed by atoms with Gasteiger partial charge in [-0.1, -0.05) is 12.1 Å². The minimum Gasteiger partial charge on any atom is -0.490 e. The van der Waals surface area contributed by atoms with Gasteiger partial charge in [0, 0.05) is 4.88 Å². The molecule has 0 amide bonds. The fourth-order valence-corrected chi connectivity index (χ4v) is 3.50. The van der Waals surface area contributed by atoms with Gasteiger partial charge in [-0.25, -0.2) is 0 Å². The molecular weight excluding hydrogens is 324 g/mol. The van der Waals surface area contributed by atoms with Gasteiger partial charge in [0.2, 0.25) is 0 Å². The van der Waals surface area contributed by atoms with E-state index in [4.69, 9.17) is 4.74 Å². The predicted molar refractivity (Wildman–Crippen MR) is 80.9 cm³/mol. The Morgan fingerprint density at radius 3 is 2.79 bits per heavy atom. The maximum Gasteiger partial charge on any atom is 0.120 e. The summed E-state index contributed by atoms with van der Waals surface area (Å²) in [5.41, 5.74) is 2.04. The topological polar surface area (TPSA) is 29.5 Å². The lowest BCUT2D eigenvalue weighted by Gasteiger charge is -2.11. The van der Waals surface area contributed by atoms with Crippen LogP contribution < -0.4 is 4.74 Å². The van der Waals surface area contributed by atoms with Gasteiger partial charge in [-0.05, 0) is 65.0 Å². The molecule has 2 nitrogen and oxygen atoms in total. The maximum absolute atomic E-state index is 10.4. The highest BCUT2D eigenvalue weighted by molar-refractivity contribution is 9.11. The number of halogens is 1. The van der Waals surface area contributed by atoms with Crippen LogP contribution in [0.15, 0.2) is 34.1 Å². The van der Waals surface area contributed by atoms with E-state index in [-0.39, 0.29) is 0 Å². The first kappa shape index (κ1) is 13.2. The number of benzene rings is 1. The Kier molecular flexibility index (Phi) is 3.65. The summed E-state index contributed by atoms with van der Waals surface area (Å²) >= 11 is 5.07. The fourth-order valence-electron chi connectivity index (χ4n) is 1.92. The number of aliphatic hydroxyl groups is 1. The van der Waals surface area contributed by atoms with Crippen LogP contribution in [0.3, 0.4) is 0 Å². The molecule has 1 aromatic heterocycles. The number of hydrogen-bond acceptors (Lipinski definition) is 3. The lowest BCUT2D eigenvalue weighted by Crippen LogP contribution is -2.00. The number of thiophene rings is 1. The molecule has 0 aliphatic heterocycles. The molecule has 19 heavy (non-hydrogen) atoms. The Balaban J connectivity index is 1.83. The Bertz CT molecular complexity index is 570. The highest BCUT2D eigenvalue weighted by Gasteiger charge is 2.24. The standard InChI is InChI=1S/C15H15BrO2S/c1-9-7-13(19-15(9)16)14(17)10-3-2-4-12(8-10)18-11-5-6-11/h2-4,7-8,11,14,17H,5-6H2,1H3. The Morgan fingerprint density at radius 2 is 2.16 bits per heavy atom. The molecule has 4 heteroatoms. The molecule has 1 saturated carbocycles. The summed E-state index contributed by atoms with van der Waals surface area (Å²) in [7, 11) is 0. The lowest BCUT2D eigenvalue weighted by atomic mass is 10.1. The predicted octanol–water partition coefficient (Wildman–Crippen LogP) is 4.44. The van der Waals surface area contributed by atoms with Crippen LogP contribution in [-0.4, -0.2) is 11.2 Å². The minimum atomic E-state index is -0.585. The van der Waals surface area contributed by atoms with E-state index in [0.717, 1.165) is 38.4 Å². The number of aryl methyl sites for hydroxylation is 1. The molecule has 0 bridgehead atoms. The van der Waals surface area contributed by atoms with Crippen molar-refractivity contribution in [2.45, 2.75) is 32.0 Å². The zero-order valence-electron chi connectivity index (χ0n) is 10.6. The summed E-state index contributed by atoms with van der Waals surface area (Å²) in [6.07, 6.45) is 2.08. The summed E-state index contributed by atoms with van der Waals surface area (Å²) in [4.78, 5) is 0.952. The average molecular weight is 339 g/mol. The Hall–Kier alpha value is -0.840. The van der Waals surface area contributed by atoms with E-state index >= 15 is 0 Å². The van der Waals surface area contributed by atoms with Crippen LogP contribution in [0.2, 0.25) is 0 Å². The van der Waals surface area contributed by atoms with Crippen molar-refractivity contribution in [1.29, 1.82) is 0 Å². The molecule has 2 aromatic rings. The van der Waals surface area contributed by atoms with Crippen LogP contribution in [0.1, 0.15) is 34.9 Å². The largest absolute Gasteiger partial charge is 0.490 e. The van der Waals surface area contributed by atoms with Crippen LogP contribution in [0.5, 0.6) is 5.75 Å². The van der Waals surface area contributed by atoms with E-state index in [9.17, 15) is 5.11 Å². The third kappa shape index (κ3) is 3.02. The van der Waals surface area contributed by atoms with E-state index in [2.05, 4.69) is 15.9 Å². The molecule has 1 aromatic carbocycles. The molecule has 1 unspecified atom stereocenters. The van der Waals surface area contributed by atoms with Crippen LogP contribution in [0, 0.1) is 6.92 Å². The molecular formula is C15H15BrO2S. The highest BCUT2D eigenvalue weighted by atomic mass is 79.9. The van der Waals surface area contributed by atoms with E-state index < -0.39 is 6.10 Å². The minimum absolute atomic E-state index is 0.380. The molecule has 0 radical (unpaired) electrons. The maximum atomic E-state index is 10.4. The van der Waals surface area contributed by atoms with Gasteiger partial charge in [0.15, 0.2) is 0 Å². The summed E-state index contributed by atoms with van der Waals surface area (Å²) in [6, 6.07) is 9.78. The number of aliphatic hydroxyl groups excluding tert-OH is 1. The number of ether oxygens (including phenoxy) is 1. The van der Waals surface area contributed by atoms with Crippen molar-refractivity contribution < 1.29 is 9.84 Å². The molecule has 1 aliphatic rings. The molecule has 1 aliphatic carbocycles. The second-order valence-corrected chi connectivity index (χ2v) is 7.30. The second kappa shape index (κ2) is 5.27. The Labute approximate surface area is 125 Å². The van der Waals surface area contributed by atoms with Gasteiger partial charge < -0.3 is 9.84 Å². The van der Waals surface area contributed by atoms with Gasteiger partial charge >= 0.3 is 0 Å². The van der Waals surface area contributed by atoms with Crippen LogP contribution in [0.25, 0.3) is 0 Å². The van der Waals surface area contributed by atoms with E-state index in [1.807, 2.05) is 37.3 Å². The quantitative estimate of drug-likeness (QED) is 0.892. The van der Waals surface area contributed by atoms with Gasteiger partial charge in [0.25, 0.3) is 0 Å². The lowest BCUT2D eigenvalue weighted by molar-refractivity contribution is 0.223. The van der Waals surface area contributed by atoms with Crippen molar-refractivity contribution in [3.05, 3.63) is 50.1 Å². The van der Waals surface area contributed by atoms with E-state index in [1.165, 1.54) is 0 Å². The average Bonchev–Trinajstić information content (AvgIpc) is 3.15. The second-order valence-electron chi connectivity index (χ2n) is 4.90. The summed E-state index contributed by atoms with van der Waals surface area (Å²) in [6.45, 7) is 2.03.